The molecular formula is C24H25N3O3. The summed E-state index contributed by atoms with van der Waals surface area (Å²) in [6.45, 7) is 3.20. The summed E-state index contributed by atoms with van der Waals surface area (Å²) in [5.74, 6) is 2.26. The maximum Gasteiger partial charge on any atom is 0.180 e. The van der Waals surface area contributed by atoms with E-state index in [9.17, 15) is 0 Å². The number of nitrogen functional groups attached to an aromatic ring is 1. The largest absolute Gasteiger partial charge is 0.495 e. The van der Waals surface area contributed by atoms with E-state index < -0.39 is 0 Å². The van der Waals surface area contributed by atoms with Crippen LogP contribution >= 0.6 is 0 Å². The fourth-order valence-electron chi connectivity index (χ4n) is 3.20. The van der Waals surface area contributed by atoms with E-state index in [1.54, 1.807) is 7.11 Å². The molecule has 0 bridgehead atoms. The number of methoxy groups -OCH3 is 1. The van der Waals surface area contributed by atoms with Gasteiger partial charge in [0.15, 0.2) is 11.4 Å². The molecule has 2 N–H and O–H groups in total. The minimum Gasteiger partial charge on any atom is -0.495 e. The second kappa shape index (κ2) is 8.78. The first-order chi connectivity index (χ1) is 14.6. The molecule has 0 fully saturated rings. The van der Waals surface area contributed by atoms with Gasteiger partial charge in [-0.25, -0.2) is 4.98 Å². The monoisotopic (exact) mass is 403 g/mol. The number of fused-ring (bicyclic) bond motifs is 1. The van der Waals surface area contributed by atoms with Crippen LogP contribution in [-0.4, -0.2) is 29.7 Å². The molecule has 2 heterocycles. The summed E-state index contributed by atoms with van der Waals surface area (Å²) in [5.41, 5.74) is 10.4. The summed E-state index contributed by atoms with van der Waals surface area (Å²) in [5, 5.41) is 0. The van der Waals surface area contributed by atoms with Gasteiger partial charge in [0.2, 0.25) is 0 Å². The third kappa shape index (κ3) is 4.33. The van der Waals surface area contributed by atoms with Crippen LogP contribution in [0.5, 0.6) is 17.2 Å². The number of aromatic nitrogens is 2. The van der Waals surface area contributed by atoms with Gasteiger partial charge in [0.05, 0.1) is 31.7 Å². The molecule has 4 aromatic rings. The zero-order valence-electron chi connectivity index (χ0n) is 17.2. The fraction of sp³-hybridized carbons (Fsp3) is 0.208. The van der Waals surface area contributed by atoms with E-state index in [0.29, 0.717) is 24.7 Å². The summed E-state index contributed by atoms with van der Waals surface area (Å²) in [7, 11) is 1.60. The molecule has 0 saturated heterocycles. The van der Waals surface area contributed by atoms with Gasteiger partial charge in [-0.3, -0.25) is 0 Å². The smallest absolute Gasteiger partial charge is 0.180 e. The number of benzene rings is 2. The molecule has 0 radical (unpaired) electrons. The number of imidazole rings is 1. The number of ether oxygens (including phenoxy) is 3. The maximum atomic E-state index is 6.04. The predicted molar refractivity (Wildman–Crippen MR) is 118 cm³/mol. The Morgan fingerprint density at radius 2 is 1.77 bits per heavy atom. The number of hydrogen-bond donors (Lipinski definition) is 1. The zero-order chi connectivity index (χ0) is 20.9. The molecule has 2 aromatic carbocycles. The predicted octanol–water partition coefficient (Wildman–Crippen LogP) is 4.75. The number of anilines is 1. The van der Waals surface area contributed by atoms with Gasteiger partial charge >= 0.3 is 0 Å². The van der Waals surface area contributed by atoms with Crippen LogP contribution in [0.1, 0.15) is 12.0 Å². The first-order valence-electron chi connectivity index (χ1n) is 9.88. The van der Waals surface area contributed by atoms with Gasteiger partial charge < -0.3 is 24.3 Å². The van der Waals surface area contributed by atoms with E-state index in [-0.39, 0.29) is 0 Å². The summed E-state index contributed by atoms with van der Waals surface area (Å²) < 4.78 is 18.9. The SMILES string of the molecule is COc1ccc(-c2cn3cccc(OCCCOc4ccc(C)cc4)c3n2)cc1N. The highest BCUT2D eigenvalue weighted by molar-refractivity contribution is 5.71. The molecule has 2 aromatic heterocycles. The van der Waals surface area contributed by atoms with Crippen LogP contribution in [0.4, 0.5) is 5.69 Å². The molecule has 4 rings (SSSR count). The van der Waals surface area contributed by atoms with Gasteiger partial charge in [0.1, 0.15) is 11.5 Å². The minimum absolute atomic E-state index is 0.545. The van der Waals surface area contributed by atoms with Crippen molar-refractivity contribution in [2.75, 3.05) is 26.1 Å². The van der Waals surface area contributed by atoms with Crippen molar-refractivity contribution in [1.29, 1.82) is 0 Å². The Morgan fingerprint density at radius 1 is 0.967 bits per heavy atom. The highest BCUT2D eigenvalue weighted by atomic mass is 16.5. The number of aryl methyl sites for hydroxylation is 1. The standard InChI is InChI=1S/C24H25N3O3/c1-17-6-9-19(10-7-17)29-13-4-14-30-23-5-3-12-27-16-21(26-24(23)27)18-8-11-22(28-2)20(25)15-18/h3,5-12,15-16H,4,13-14,25H2,1-2H3. The van der Waals surface area contributed by atoms with Crippen molar-refractivity contribution in [2.24, 2.45) is 0 Å². The van der Waals surface area contributed by atoms with Crippen molar-refractivity contribution >= 4 is 11.3 Å². The highest BCUT2D eigenvalue weighted by Gasteiger charge is 2.10. The molecule has 0 saturated carbocycles. The minimum atomic E-state index is 0.545. The average Bonchev–Trinajstić information content (AvgIpc) is 3.20. The van der Waals surface area contributed by atoms with Crippen LogP contribution in [-0.2, 0) is 0 Å². The quantitative estimate of drug-likeness (QED) is 0.340. The van der Waals surface area contributed by atoms with Crippen molar-refractivity contribution in [3.05, 3.63) is 72.6 Å². The van der Waals surface area contributed by atoms with Gasteiger partial charge in [0, 0.05) is 24.4 Å². The molecule has 0 atom stereocenters. The van der Waals surface area contributed by atoms with Crippen LogP contribution in [0.25, 0.3) is 16.9 Å². The Bertz CT molecular complexity index is 1140. The lowest BCUT2D eigenvalue weighted by molar-refractivity contribution is 0.248. The molecule has 0 aliphatic carbocycles. The number of pyridine rings is 1. The van der Waals surface area contributed by atoms with E-state index in [4.69, 9.17) is 24.9 Å². The molecule has 0 aliphatic rings. The zero-order valence-corrected chi connectivity index (χ0v) is 17.2. The fourth-order valence-corrected chi connectivity index (χ4v) is 3.20. The molecule has 154 valence electrons. The summed E-state index contributed by atoms with van der Waals surface area (Å²) >= 11 is 0. The lowest BCUT2D eigenvalue weighted by Crippen LogP contribution is -2.05. The number of nitrogens with two attached hydrogens (primary N) is 1. The van der Waals surface area contributed by atoms with Crippen molar-refractivity contribution in [2.45, 2.75) is 13.3 Å². The number of nitrogens with zero attached hydrogens (tertiary/aromatic N) is 2. The second-order valence-corrected chi connectivity index (χ2v) is 7.05. The van der Waals surface area contributed by atoms with Crippen molar-refractivity contribution in [3.8, 4) is 28.5 Å². The maximum absolute atomic E-state index is 6.04. The second-order valence-electron chi connectivity index (χ2n) is 7.05. The van der Waals surface area contributed by atoms with Crippen molar-refractivity contribution < 1.29 is 14.2 Å². The van der Waals surface area contributed by atoms with Gasteiger partial charge in [-0.15, -0.1) is 0 Å². The van der Waals surface area contributed by atoms with Gasteiger partial charge in [-0.05, 0) is 49.4 Å². The van der Waals surface area contributed by atoms with Gasteiger partial charge in [-0.1, -0.05) is 17.7 Å². The van der Waals surface area contributed by atoms with E-state index >= 15 is 0 Å². The normalized spacial score (nSPS) is 10.9. The third-order valence-corrected chi connectivity index (χ3v) is 4.81. The van der Waals surface area contributed by atoms with E-state index in [1.165, 1.54) is 5.56 Å². The Labute approximate surface area is 175 Å². The summed E-state index contributed by atoms with van der Waals surface area (Å²) in [6, 6.07) is 17.6. The van der Waals surface area contributed by atoms with Crippen LogP contribution in [0.2, 0.25) is 0 Å². The van der Waals surface area contributed by atoms with Crippen LogP contribution in [0.3, 0.4) is 0 Å². The molecular weight excluding hydrogens is 378 g/mol. The van der Waals surface area contributed by atoms with Gasteiger partial charge in [-0.2, -0.15) is 0 Å². The molecule has 6 nitrogen and oxygen atoms in total. The van der Waals surface area contributed by atoms with Crippen LogP contribution in [0, 0.1) is 6.92 Å². The molecule has 0 unspecified atom stereocenters. The molecule has 0 aliphatic heterocycles. The lowest BCUT2D eigenvalue weighted by atomic mass is 10.1. The van der Waals surface area contributed by atoms with Crippen molar-refractivity contribution in [1.82, 2.24) is 9.38 Å². The first-order valence-corrected chi connectivity index (χ1v) is 9.88. The van der Waals surface area contributed by atoms with Crippen LogP contribution < -0.4 is 19.9 Å². The molecule has 0 spiro atoms. The lowest BCUT2D eigenvalue weighted by Gasteiger charge is -2.09. The van der Waals surface area contributed by atoms with Crippen molar-refractivity contribution in [3.63, 3.8) is 0 Å². The topological polar surface area (TPSA) is 71.0 Å². The Morgan fingerprint density at radius 3 is 2.53 bits per heavy atom. The number of hydrogen-bond acceptors (Lipinski definition) is 5. The van der Waals surface area contributed by atoms with E-state index in [1.807, 2.05) is 71.4 Å². The Hall–Kier alpha value is -3.67. The Kier molecular flexibility index (Phi) is 5.75. The third-order valence-electron chi connectivity index (χ3n) is 4.81. The molecule has 6 heteroatoms. The summed E-state index contributed by atoms with van der Waals surface area (Å²) in [4.78, 5) is 4.74. The van der Waals surface area contributed by atoms with E-state index in [0.717, 1.165) is 34.8 Å². The number of rotatable bonds is 8. The summed E-state index contributed by atoms with van der Waals surface area (Å²) in [6.07, 6.45) is 4.69. The highest BCUT2D eigenvalue weighted by Crippen LogP contribution is 2.29. The van der Waals surface area contributed by atoms with Gasteiger partial charge in [0.25, 0.3) is 0 Å². The van der Waals surface area contributed by atoms with Crippen LogP contribution in [0.15, 0.2) is 67.0 Å². The molecule has 30 heavy (non-hydrogen) atoms. The Balaban J connectivity index is 1.41. The first kappa shape index (κ1) is 19.6. The molecule has 0 amide bonds. The van der Waals surface area contributed by atoms with E-state index in [2.05, 4.69) is 6.92 Å². The average molecular weight is 403 g/mol.